The first kappa shape index (κ1) is 22.1. The van der Waals surface area contributed by atoms with Crippen molar-refractivity contribution in [2.24, 2.45) is 0 Å². The lowest BCUT2D eigenvalue weighted by atomic mass is 10.1. The Morgan fingerprint density at radius 3 is 2.48 bits per heavy atom. The summed E-state index contributed by atoms with van der Waals surface area (Å²) in [5.74, 6) is 0.912. The average Bonchev–Trinajstić information content (AvgIpc) is 3.25. The molecule has 170 valence electrons. The van der Waals surface area contributed by atoms with Crippen LogP contribution in [0, 0.1) is 6.92 Å². The summed E-state index contributed by atoms with van der Waals surface area (Å²) in [4.78, 5) is 11.2. The molecule has 2 aromatic carbocycles. The second kappa shape index (κ2) is 8.57. The minimum atomic E-state index is -3.55. The molecule has 2 aromatic heterocycles. The van der Waals surface area contributed by atoms with Gasteiger partial charge in [-0.15, -0.1) is 5.10 Å². The van der Waals surface area contributed by atoms with E-state index in [1.54, 1.807) is 60.1 Å². The van der Waals surface area contributed by atoms with Gasteiger partial charge in [-0.05, 0) is 42.8 Å². The maximum absolute atomic E-state index is 13.1. The molecule has 0 spiro atoms. The van der Waals surface area contributed by atoms with Gasteiger partial charge in [0, 0.05) is 43.0 Å². The molecule has 0 radical (unpaired) electrons. The molecule has 1 aliphatic heterocycles. The van der Waals surface area contributed by atoms with Gasteiger partial charge in [0.1, 0.15) is 0 Å². The van der Waals surface area contributed by atoms with Crippen LogP contribution in [0.4, 0.5) is 5.95 Å². The lowest BCUT2D eigenvalue weighted by Gasteiger charge is -2.33. The van der Waals surface area contributed by atoms with Crippen LogP contribution in [-0.4, -0.2) is 58.5 Å². The number of rotatable bonds is 4. The van der Waals surface area contributed by atoms with Crippen LogP contribution in [0.5, 0.6) is 0 Å². The fourth-order valence-corrected chi connectivity index (χ4v) is 5.96. The zero-order valence-corrected chi connectivity index (χ0v) is 20.0. The number of aryl methyl sites for hydroxylation is 1. The van der Waals surface area contributed by atoms with E-state index in [-0.39, 0.29) is 0 Å². The zero-order chi connectivity index (χ0) is 23.2. The van der Waals surface area contributed by atoms with Gasteiger partial charge in [0.2, 0.25) is 16.0 Å². The molecule has 0 saturated carbocycles. The molecule has 0 bridgehead atoms. The topological polar surface area (TPSA) is 83.7 Å². The predicted octanol–water partition coefficient (Wildman–Crippen LogP) is 3.92. The first-order chi connectivity index (χ1) is 15.8. The van der Waals surface area contributed by atoms with Crippen molar-refractivity contribution >= 4 is 45.0 Å². The SMILES string of the molecule is Cc1ccccc1S(=O)(=O)N1CCN(c2nc3nccc(-c4cc(Cl)ccc4Cl)n3n2)CC1. The normalized spacial score (nSPS) is 15.3. The van der Waals surface area contributed by atoms with Crippen LogP contribution < -0.4 is 4.90 Å². The van der Waals surface area contributed by atoms with Gasteiger partial charge in [-0.2, -0.15) is 13.8 Å². The fraction of sp³-hybridized carbons (Fsp3) is 0.227. The van der Waals surface area contributed by atoms with Gasteiger partial charge in [-0.25, -0.2) is 13.4 Å². The highest BCUT2D eigenvalue weighted by Crippen LogP contribution is 2.31. The summed E-state index contributed by atoms with van der Waals surface area (Å²) in [5, 5.41) is 5.74. The minimum Gasteiger partial charge on any atom is -0.337 e. The predicted molar refractivity (Wildman–Crippen MR) is 128 cm³/mol. The largest absolute Gasteiger partial charge is 0.337 e. The molecule has 0 unspecified atom stereocenters. The number of hydrogen-bond donors (Lipinski definition) is 0. The maximum atomic E-state index is 13.1. The number of halogens is 2. The number of aromatic nitrogens is 4. The molecule has 11 heteroatoms. The Hall–Kier alpha value is -2.72. The molecular formula is C22H20Cl2N6O2S. The average molecular weight is 503 g/mol. The summed E-state index contributed by atoms with van der Waals surface area (Å²) in [7, 11) is -3.55. The molecule has 4 aromatic rings. The Bertz CT molecular complexity index is 1450. The Kier molecular flexibility index (Phi) is 5.74. The van der Waals surface area contributed by atoms with Crippen molar-refractivity contribution in [1.82, 2.24) is 23.9 Å². The number of benzene rings is 2. The Labute approximate surface area is 201 Å². The number of fused-ring (bicyclic) bond motifs is 1. The summed E-state index contributed by atoms with van der Waals surface area (Å²) < 4.78 is 29.3. The quantitative estimate of drug-likeness (QED) is 0.420. The summed E-state index contributed by atoms with van der Waals surface area (Å²) in [5.41, 5.74) is 2.18. The molecule has 8 nitrogen and oxygen atoms in total. The maximum Gasteiger partial charge on any atom is 0.254 e. The van der Waals surface area contributed by atoms with Crippen molar-refractivity contribution < 1.29 is 8.42 Å². The summed E-state index contributed by atoms with van der Waals surface area (Å²) >= 11 is 12.6. The lowest BCUT2D eigenvalue weighted by Crippen LogP contribution is -2.49. The van der Waals surface area contributed by atoms with Crippen molar-refractivity contribution in [3.05, 3.63) is 70.3 Å². The van der Waals surface area contributed by atoms with E-state index in [0.717, 1.165) is 11.1 Å². The van der Waals surface area contributed by atoms with Crippen LogP contribution in [0.3, 0.4) is 0 Å². The van der Waals surface area contributed by atoms with Crippen LogP contribution >= 0.6 is 23.2 Å². The number of anilines is 1. The van der Waals surface area contributed by atoms with E-state index in [4.69, 9.17) is 23.2 Å². The zero-order valence-electron chi connectivity index (χ0n) is 17.7. The molecule has 5 rings (SSSR count). The summed E-state index contributed by atoms with van der Waals surface area (Å²) in [6.07, 6.45) is 1.65. The van der Waals surface area contributed by atoms with Crippen LogP contribution in [0.15, 0.2) is 59.6 Å². The van der Waals surface area contributed by atoms with Gasteiger partial charge in [0.15, 0.2) is 0 Å². The van der Waals surface area contributed by atoms with E-state index < -0.39 is 10.0 Å². The molecular weight excluding hydrogens is 483 g/mol. The van der Waals surface area contributed by atoms with Crippen LogP contribution in [0.2, 0.25) is 10.0 Å². The van der Waals surface area contributed by atoms with Gasteiger partial charge in [0.25, 0.3) is 5.78 Å². The Morgan fingerprint density at radius 1 is 0.970 bits per heavy atom. The monoisotopic (exact) mass is 502 g/mol. The second-order valence-corrected chi connectivity index (χ2v) is 10.5. The van der Waals surface area contributed by atoms with E-state index in [2.05, 4.69) is 15.1 Å². The number of hydrogen-bond acceptors (Lipinski definition) is 6. The van der Waals surface area contributed by atoms with E-state index in [0.29, 0.717) is 58.5 Å². The number of piperazine rings is 1. The van der Waals surface area contributed by atoms with Crippen LogP contribution in [0.25, 0.3) is 17.0 Å². The molecule has 3 heterocycles. The number of nitrogens with zero attached hydrogens (tertiary/aromatic N) is 6. The van der Waals surface area contributed by atoms with Gasteiger partial charge in [-0.3, -0.25) is 0 Å². The molecule has 0 aliphatic carbocycles. The lowest BCUT2D eigenvalue weighted by molar-refractivity contribution is 0.382. The van der Waals surface area contributed by atoms with Gasteiger partial charge in [0.05, 0.1) is 15.6 Å². The standard InChI is InChI=1S/C22H20Cl2N6O2S/c1-15-4-2-3-5-20(15)33(31,32)29-12-10-28(11-13-29)22-26-21-25-9-8-19(30(21)27-22)17-14-16(23)6-7-18(17)24/h2-9,14H,10-13H2,1H3. The van der Waals surface area contributed by atoms with E-state index in [9.17, 15) is 8.42 Å². The van der Waals surface area contributed by atoms with Crippen molar-refractivity contribution in [3.63, 3.8) is 0 Å². The summed E-state index contributed by atoms with van der Waals surface area (Å²) in [6.45, 7) is 3.42. The Balaban J connectivity index is 1.41. The third-order valence-electron chi connectivity index (χ3n) is 5.67. The van der Waals surface area contributed by atoms with Crippen LogP contribution in [-0.2, 0) is 10.0 Å². The first-order valence-electron chi connectivity index (χ1n) is 10.3. The first-order valence-corrected chi connectivity index (χ1v) is 12.5. The van der Waals surface area contributed by atoms with Gasteiger partial charge < -0.3 is 4.90 Å². The second-order valence-electron chi connectivity index (χ2n) is 7.73. The van der Waals surface area contributed by atoms with Crippen molar-refractivity contribution in [1.29, 1.82) is 0 Å². The highest BCUT2D eigenvalue weighted by Gasteiger charge is 2.30. The van der Waals surface area contributed by atoms with Gasteiger partial charge in [-0.1, -0.05) is 41.4 Å². The van der Waals surface area contributed by atoms with Crippen molar-refractivity contribution in [2.75, 3.05) is 31.1 Å². The third-order valence-corrected chi connectivity index (χ3v) is 8.29. The smallest absolute Gasteiger partial charge is 0.254 e. The molecule has 1 fully saturated rings. The highest BCUT2D eigenvalue weighted by molar-refractivity contribution is 7.89. The van der Waals surface area contributed by atoms with E-state index >= 15 is 0 Å². The molecule has 33 heavy (non-hydrogen) atoms. The van der Waals surface area contributed by atoms with Crippen molar-refractivity contribution in [3.8, 4) is 11.3 Å². The highest BCUT2D eigenvalue weighted by atomic mass is 35.5. The van der Waals surface area contributed by atoms with E-state index in [1.807, 2.05) is 11.0 Å². The molecule has 0 amide bonds. The van der Waals surface area contributed by atoms with Crippen molar-refractivity contribution in [2.45, 2.75) is 11.8 Å². The molecule has 0 N–H and O–H groups in total. The fourth-order valence-electron chi connectivity index (χ4n) is 3.93. The van der Waals surface area contributed by atoms with Crippen LogP contribution in [0.1, 0.15) is 5.56 Å². The molecule has 1 saturated heterocycles. The third kappa shape index (κ3) is 4.06. The van der Waals surface area contributed by atoms with E-state index in [1.165, 1.54) is 4.31 Å². The number of sulfonamides is 1. The molecule has 1 aliphatic rings. The summed E-state index contributed by atoms with van der Waals surface area (Å²) in [6, 6.07) is 14.1. The Morgan fingerprint density at radius 2 is 1.73 bits per heavy atom. The molecule has 0 atom stereocenters. The van der Waals surface area contributed by atoms with Gasteiger partial charge >= 0.3 is 0 Å². The minimum absolute atomic E-state index is 0.340.